The average molecular weight is 312 g/mol. The van der Waals surface area contributed by atoms with Crippen molar-refractivity contribution in [1.82, 2.24) is 5.32 Å². The fourth-order valence-corrected chi connectivity index (χ4v) is 2.50. The first-order valence-electron chi connectivity index (χ1n) is 6.40. The number of rotatable bonds is 4. The molecule has 1 unspecified atom stereocenters. The lowest BCUT2D eigenvalue weighted by atomic mass is 10.1. The molecule has 1 N–H and O–H groups in total. The largest absolute Gasteiger partial charge is 0.306 e. The molecule has 0 saturated heterocycles. The lowest BCUT2D eigenvalue weighted by Crippen LogP contribution is -2.18. The maximum absolute atomic E-state index is 13.5. The van der Waals surface area contributed by atoms with Gasteiger partial charge in [-0.05, 0) is 37.1 Å². The highest BCUT2D eigenvalue weighted by Gasteiger charge is 2.13. The fourth-order valence-electron chi connectivity index (χ4n) is 1.96. The number of hydrogen-bond acceptors (Lipinski definition) is 1. The van der Waals surface area contributed by atoms with Crippen LogP contribution in [0.2, 0.25) is 10.0 Å². The molecule has 2 aromatic carbocycles. The van der Waals surface area contributed by atoms with E-state index in [1.807, 2.05) is 6.92 Å². The third-order valence-corrected chi connectivity index (χ3v) is 3.86. The standard InChI is InChI=1S/C16H16Cl2FN/c1-10-3-5-12(6-4-10)9-20-11(2)13-7-16(19)15(18)8-14(13)17/h3-8,11,20H,9H2,1-2H3. The molecule has 2 rings (SSSR count). The predicted octanol–water partition coefficient (Wildman–Crippen LogP) is 5.29. The molecule has 0 bridgehead atoms. The van der Waals surface area contributed by atoms with Crippen molar-refractivity contribution in [2.45, 2.75) is 26.4 Å². The highest BCUT2D eigenvalue weighted by Crippen LogP contribution is 2.28. The van der Waals surface area contributed by atoms with E-state index in [1.54, 1.807) is 0 Å². The molecule has 0 heterocycles. The Hall–Kier alpha value is -1.09. The maximum atomic E-state index is 13.5. The molecule has 0 aliphatic rings. The van der Waals surface area contributed by atoms with Crippen molar-refractivity contribution in [2.24, 2.45) is 0 Å². The van der Waals surface area contributed by atoms with Gasteiger partial charge in [0.05, 0.1) is 5.02 Å². The highest BCUT2D eigenvalue weighted by atomic mass is 35.5. The first-order chi connectivity index (χ1) is 9.47. The van der Waals surface area contributed by atoms with Crippen molar-refractivity contribution in [3.05, 3.63) is 69.0 Å². The van der Waals surface area contributed by atoms with Crippen LogP contribution in [-0.2, 0) is 6.54 Å². The predicted molar refractivity (Wildman–Crippen MR) is 82.9 cm³/mol. The fraction of sp³-hybridized carbons (Fsp3) is 0.250. The molecule has 20 heavy (non-hydrogen) atoms. The first kappa shape index (κ1) is 15.3. The van der Waals surface area contributed by atoms with E-state index in [2.05, 4.69) is 36.5 Å². The van der Waals surface area contributed by atoms with Gasteiger partial charge in [0.2, 0.25) is 0 Å². The molecule has 4 heteroatoms. The molecular weight excluding hydrogens is 296 g/mol. The van der Waals surface area contributed by atoms with Crippen LogP contribution in [-0.4, -0.2) is 0 Å². The summed E-state index contributed by atoms with van der Waals surface area (Å²) < 4.78 is 13.5. The quantitative estimate of drug-likeness (QED) is 0.756. The Bertz CT molecular complexity index is 596. The third kappa shape index (κ3) is 3.72. The van der Waals surface area contributed by atoms with E-state index in [1.165, 1.54) is 23.3 Å². The van der Waals surface area contributed by atoms with Crippen molar-refractivity contribution < 1.29 is 4.39 Å². The zero-order valence-electron chi connectivity index (χ0n) is 11.4. The second-order valence-corrected chi connectivity index (χ2v) is 5.69. The van der Waals surface area contributed by atoms with Crippen molar-refractivity contribution in [2.75, 3.05) is 0 Å². The van der Waals surface area contributed by atoms with Gasteiger partial charge in [-0.3, -0.25) is 0 Å². The van der Waals surface area contributed by atoms with Crippen LogP contribution in [0.15, 0.2) is 36.4 Å². The van der Waals surface area contributed by atoms with Gasteiger partial charge in [0.25, 0.3) is 0 Å². The Kier molecular flexibility index (Phi) is 5.03. The van der Waals surface area contributed by atoms with Gasteiger partial charge in [0.1, 0.15) is 5.82 Å². The van der Waals surface area contributed by atoms with Crippen LogP contribution in [0.4, 0.5) is 4.39 Å². The molecule has 0 aromatic heterocycles. The van der Waals surface area contributed by atoms with Crippen LogP contribution in [0.3, 0.4) is 0 Å². The Morgan fingerprint density at radius 3 is 2.40 bits per heavy atom. The van der Waals surface area contributed by atoms with Crippen LogP contribution in [0.25, 0.3) is 0 Å². The Balaban J connectivity index is 2.06. The van der Waals surface area contributed by atoms with Gasteiger partial charge >= 0.3 is 0 Å². The van der Waals surface area contributed by atoms with Gasteiger partial charge in [0, 0.05) is 17.6 Å². The maximum Gasteiger partial charge on any atom is 0.142 e. The monoisotopic (exact) mass is 311 g/mol. The van der Waals surface area contributed by atoms with E-state index in [4.69, 9.17) is 23.2 Å². The molecule has 1 nitrogen and oxygen atoms in total. The molecular formula is C16H16Cl2FN. The Morgan fingerprint density at radius 1 is 1.10 bits per heavy atom. The van der Waals surface area contributed by atoms with Gasteiger partial charge in [-0.15, -0.1) is 0 Å². The zero-order valence-corrected chi connectivity index (χ0v) is 12.9. The lowest BCUT2D eigenvalue weighted by Gasteiger charge is -2.16. The third-order valence-electron chi connectivity index (χ3n) is 3.24. The van der Waals surface area contributed by atoms with E-state index in [-0.39, 0.29) is 11.1 Å². The first-order valence-corrected chi connectivity index (χ1v) is 7.16. The van der Waals surface area contributed by atoms with Crippen molar-refractivity contribution >= 4 is 23.2 Å². The number of benzene rings is 2. The Morgan fingerprint density at radius 2 is 1.75 bits per heavy atom. The molecule has 106 valence electrons. The molecule has 0 spiro atoms. The highest BCUT2D eigenvalue weighted by molar-refractivity contribution is 6.35. The van der Waals surface area contributed by atoms with Crippen molar-refractivity contribution in [3.63, 3.8) is 0 Å². The van der Waals surface area contributed by atoms with Gasteiger partial charge < -0.3 is 5.32 Å². The summed E-state index contributed by atoms with van der Waals surface area (Å²) in [6.07, 6.45) is 0. The van der Waals surface area contributed by atoms with Gasteiger partial charge in [-0.25, -0.2) is 4.39 Å². The summed E-state index contributed by atoms with van der Waals surface area (Å²) in [5, 5.41) is 3.85. The summed E-state index contributed by atoms with van der Waals surface area (Å²) in [4.78, 5) is 0. The minimum Gasteiger partial charge on any atom is -0.306 e. The van der Waals surface area contributed by atoms with E-state index in [0.29, 0.717) is 17.1 Å². The lowest BCUT2D eigenvalue weighted by molar-refractivity contribution is 0.565. The SMILES string of the molecule is Cc1ccc(CNC(C)c2cc(F)c(Cl)cc2Cl)cc1. The van der Waals surface area contributed by atoms with Crippen LogP contribution in [0.1, 0.15) is 29.7 Å². The van der Waals surface area contributed by atoms with Crippen LogP contribution < -0.4 is 5.32 Å². The summed E-state index contributed by atoms with van der Waals surface area (Å²) in [5.41, 5.74) is 3.11. The van der Waals surface area contributed by atoms with Crippen LogP contribution in [0.5, 0.6) is 0 Å². The molecule has 0 aliphatic carbocycles. The van der Waals surface area contributed by atoms with E-state index >= 15 is 0 Å². The van der Waals surface area contributed by atoms with Gasteiger partial charge in [-0.1, -0.05) is 53.0 Å². The Labute approximate surface area is 128 Å². The summed E-state index contributed by atoms with van der Waals surface area (Å²) in [7, 11) is 0. The summed E-state index contributed by atoms with van der Waals surface area (Å²) in [6.45, 7) is 4.70. The van der Waals surface area contributed by atoms with E-state index < -0.39 is 5.82 Å². The molecule has 0 radical (unpaired) electrons. The number of hydrogen-bond donors (Lipinski definition) is 1. The van der Waals surface area contributed by atoms with Gasteiger partial charge in [0.15, 0.2) is 0 Å². The smallest absolute Gasteiger partial charge is 0.142 e. The number of halogens is 3. The number of nitrogens with one attached hydrogen (secondary N) is 1. The summed E-state index contributed by atoms with van der Waals surface area (Å²) >= 11 is 11.8. The minimum atomic E-state index is -0.449. The molecule has 0 aliphatic heterocycles. The van der Waals surface area contributed by atoms with Crippen molar-refractivity contribution in [3.8, 4) is 0 Å². The van der Waals surface area contributed by atoms with E-state index in [9.17, 15) is 4.39 Å². The van der Waals surface area contributed by atoms with Crippen LogP contribution in [0, 0.1) is 12.7 Å². The van der Waals surface area contributed by atoms with Crippen molar-refractivity contribution in [1.29, 1.82) is 0 Å². The topological polar surface area (TPSA) is 12.0 Å². The number of aryl methyl sites for hydroxylation is 1. The van der Waals surface area contributed by atoms with Crippen LogP contribution >= 0.6 is 23.2 Å². The molecule has 0 fully saturated rings. The summed E-state index contributed by atoms with van der Waals surface area (Å²) in [5.74, 6) is -0.449. The zero-order chi connectivity index (χ0) is 14.7. The average Bonchev–Trinajstić information content (AvgIpc) is 2.42. The molecule has 0 saturated carbocycles. The normalized spacial score (nSPS) is 12.4. The molecule has 0 amide bonds. The second kappa shape index (κ2) is 6.57. The van der Waals surface area contributed by atoms with E-state index in [0.717, 1.165) is 0 Å². The second-order valence-electron chi connectivity index (χ2n) is 4.88. The molecule has 2 aromatic rings. The summed E-state index contributed by atoms with van der Waals surface area (Å²) in [6, 6.07) is 11.0. The van der Waals surface area contributed by atoms with Gasteiger partial charge in [-0.2, -0.15) is 0 Å². The molecule has 1 atom stereocenters. The minimum absolute atomic E-state index is 0.0458.